The lowest BCUT2D eigenvalue weighted by Gasteiger charge is -2.08. The normalized spacial score (nSPS) is 11.9. The number of fused-ring (bicyclic) bond motifs is 2. The fourth-order valence-electron chi connectivity index (χ4n) is 2.72. The molecule has 0 saturated heterocycles. The van der Waals surface area contributed by atoms with E-state index in [1.807, 2.05) is 19.0 Å². The number of aromatic nitrogens is 5. The average Bonchev–Trinajstić information content (AvgIpc) is 3.12. The van der Waals surface area contributed by atoms with Crippen LogP contribution in [0.5, 0.6) is 0 Å². The molecular formula is C16H13BF2N6S. The summed E-state index contributed by atoms with van der Waals surface area (Å²) in [6.45, 7) is 0.650. The van der Waals surface area contributed by atoms with Crippen LogP contribution in [0.15, 0.2) is 18.3 Å². The van der Waals surface area contributed by atoms with Gasteiger partial charge in [-0.25, -0.2) is 8.78 Å². The maximum absolute atomic E-state index is 14.9. The van der Waals surface area contributed by atoms with Gasteiger partial charge >= 0.3 is 0 Å². The highest BCUT2D eigenvalue weighted by Crippen LogP contribution is 2.25. The lowest BCUT2D eigenvalue weighted by atomic mass is 9.95. The van der Waals surface area contributed by atoms with Gasteiger partial charge in [0.05, 0.1) is 12.1 Å². The molecule has 4 rings (SSSR count). The number of pyridine rings is 1. The van der Waals surface area contributed by atoms with Crippen LogP contribution in [-0.2, 0) is 13.0 Å². The minimum atomic E-state index is -0.694. The van der Waals surface area contributed by atoms with E-state index < -0.39 is 11.6 Å². The molecule has 0 amide bonds. The monoisotopic (exact) mass is 370 g/mol. The van der Waals surface area contributed by atoms with E-state index in [9.17, 15) is 8.78 Å². The first-order valence-electron chi connectivity index (χ1n) is 7.79. The molecule has 0 aliphatic rings. The summed E-state index contributed by atoms with van der Waals surface area (Å²) in [7, 11) is 9.54. The number of halogens is 2. The summed E-state index contributed by atoms with van der Waals surface area (Å²) >= 11 is 1.39. The van der Waals surface area contributed by atoms with E-state index in [1.54, 1.807) is 0 Å². The largest absolute Gasteiger partial charge is 0.303 e. The highest BCUT2D eigenvalue weighted by molar-refractivity contribution is 7.16. The van der Waals surface area contributed by atoms with E-state index >= 15 is 0 Å². The quantitative estimate of drug-likeness (QED) is 0.509. The van der Waals surface area contributed by atoms with Crippen LogP contribution in [0.3, 0.4) is 0 Å². The Balaban J connectivity index is 1.77. The van der Waals surface area contributed by atoms with Crippen LogP contribution in [0.1, 0.15) is 16.4 Å². The second-order valence-corrected chi connectivity index (χ2v) is 7.25. The van der Waals surface area contributed by atoms with Gasteiger partial charge < -0.3 is 4.90 Å². The van der Waals surface area contributed by atoms with E-state index in [4.69, 9.17) is 7.85 Å². The number of benzene rings is 1. The maximum atomic E-state index is 14.9. The van der Waals surface area contributed by atoms with Crippen molar-refractivity contribution in [2.24, 2.45) is 0 Å². The van der Waals surface area contributed by atoms with Crippen molar-refractivity contribution < 1.29 is 8.78 Å². The lowest BCUT2D eigenvalue weighted by Crippen LogP contribution is -2.11. The standard InChI is InChI=1S/C16H13BF2N6S/c1-24(2)7-14-23-25-13(21-22-16(25)26-14)4-9-11(18)5-12-10(15(9)19)3-8(17)6-20-12/h3,5-6H,4,7H2,1-2H3. The molecule has 0 unspecified atom stereocenters. The molecule has 6 nitrogen and oxygen atoms in total. The summed E-state index contributed by atoms with van der Waals surface area (Å²) in [5.41, 5.74) is 0.416. The van der Waals surface area contributed by atoms with Crippen LogP contribution in [0.2, 0.25) is 0 Å². The third kappa shape index (κ3) is 2.95. The van der Waals surface area contributed by atoms with E-state index in [2.05, 4.69) is 20.3 Å². The van der Waals surface area contributed by atoms with E-state index in [-0.39, 0.29) is 22.9 Å². The lowest BCUT2D eigenvalue weighted by molar-refractivity contribution is 0.399. The first kappa shape index (κ1) is 17.0. The zero-order valence-corrected chi connectivity index (χ0v) is 14.9. The summed E-state index contributed by atoms with van der Waals surface area (Å²) in [5.74, 6) is -1.01. The molecule has 130 valence electrons. The maximum Gasteiger partial charge on any atom is 0.234 e. The van der Waals surface area contributed by atoms with Crippen molar-refractivity contribution >= 4 is 40.5 Å². The Morgan fingerprint density at radius 3 is 2.81 bits per heavy atom. The van der Waals surface area contributed by atoms with Crippen molar-refractivity contribution in [2.45, 2.75) is 13.0 Å². The van der Waals surface area contributed by atoms with Gasteiger partial charge in [0.15, 0.2) is 5.82 Å². The van der Waals surface area contributed by atoms with Gasteiger partial charge in [-0.05, 0) is 14.1 Å². The van der Waals surface area contributed by atoms with Crippen molar-refractivity contribution in [3.8, 4) is 0 Å². The van der Waals surface area contributed by atoms with Crippen molar-refractivity contribution in [1.82, 2.24) is 29.7 Å². The number of nitrogens with zero attached hydrogens (tertiary/aromatic N) is 6. The molecule has 0 aliphatic heterocycles. The van der Waals surface area contributed by atoms with Crippen molar-refractivity contribution in [3.63, 3.8) is 0 Å². The molecule has 0 N–H and O–H groups in total. The Hall–Kier alpha value is -2.46. The summed E-state index contributed by atoms with van der Waals surface area (Å²) < 4.78 is 30.9. The molecule has 0 atom stereocenters. The zero-order chi connectivity index (χ0) is 18.4. The Bertz CT molecular complexity index is 1120. The molecule has 4 aromatic rings. The third-order valence-electron chi connectivity index (χ3n) is 3.88. The predicted octanol–water partition coefficient (Wildman–Crippen LogP) is 1.46. The molecule has 0 fully saturated rings. The molecule has 1 aromatic carbocycles. The van der Waals surface area contributed by atoms with E-state index in [1.165, 1.54) is 34.2 Å². The van der Waals surface area contributed by atoms with Gasteiger partial charge in [0, 0.05) is 29.6 Å². The molecule has 0 bridgehead atoms. The molecule has 10 heteroatoms. The Kier molecular flexibility index (Phi) is 4.16. The van der Waals surface area contributed by atoms with Crippen LogP contribution >= 0.6 is 11.3 Å². The molecule has 0 spiro atoms. The summed E-state index contributed by atoms with van der Waals surface area (Å²) in [5, 5.41) is 13.5. The fourth-order valence-corrected chi connectivity index (χ4v) is 3.69. The smallest absolute Gasteiger partial charge is 0.234 e. The van der Waals surface area contributed by atoms with Crippen molar-refractivity contribution in [2.75, 3.05) is 14.1 Å². The SMILES string of the molecule is [B]c1cnc2cc(F)c(Cc3nnc4sc(CN(C)C)nn34)c(F)c2c1. The minimum Gasteiger partial charge on any atom is -0.303 e. The number of hydrogen-bond donors (Lipinski definition) is 0. The molecular weight excluding hydrogens is 357 g/mol. The Labute approximate surface area is 152 Å². The average molecular weight is 370 g/mol. The van der Waals surface area contributed by atoms with E-state index in [0.717, 1.165) is 5.01 Å². The summed E-state index contributed by atoms with van der Waals surface area (Å²) in [6, 6.07) is 2.64. The second kappa shape index (κ2) is 6.37. The van der Waals surface area contributed by atoms with Gasteiger partial charge in [0.25, 0.3) is 0 Å². The number of rotatable bonds is 4. The number of hydrogen-bond acceptors (Lipinski definition) is 6. The zero-order valence-electron chi connectivity index (χ0n) is 14.1. The Morgan fingerprint density at radius 1 is 1.23 bits per heavy atom. The van der Waals surface area contributed by atoms with Gasteiger partial charge in [-0.3, -0.25) is 4.98 Å². The first-order chi connectivity index (χ1) is 12.4. The topological polar surface area (TPSA) is 59.2 Å². The Morgan fingerprint density at radius 2 is 2.04 bits per heavy atom. The third-order valence-corrected chi connectivity index (χ3v) is 4.76. The van der Waals surface area contributed by atoms with Crippen molar-refractivity contribution in [1.29, 1.82) is 0 Å². The van der Waals surface area contributed by atoms with Crippen LogP contribution in [0, 0.1) is 11.6 Å². The van der Waals surface area contributed by atoms with Gasteiger partial charge in [-0.15, -0.1) is 10.2 Å². The fraction of sp³-hybridized carbons (Fsp3) is 0.250. The van der Waals surface area contributed by atoms with Gasteiger partial charge in [-0.1, -0.05) is 22.9 Å². The van der Waals surface area contributed by atoms with Crippen molar-refractivity contribution in [3.05, 3.63) is 46.4 Å². The summed E-state index contributed by atoms with van der Waals surface area (Å²) in [4.78, 5) is 6.53. The van der Waals surface area contributed by atoms with Gasteiger partial charge in [0.2, 0.25) is 4.96 Å². The predicted molar refractivity (Wildman–Crippen MR) is 95.9 cm³/mol. The molecule has 3 heterocycles. The van der Waals surface area contributed by atoms with E-state index in [0.29, 0.717) is 22.8 Å². The van der Waals surface area contributed by atoms with Crippen LogP contribution in [0.25, 0.3) is 15.9 Å². The molecule has 2 radical (unpaired) electrons. The molecule has 26 heavy (non-hydrogen) atoms. The van der Waals surface area contributed by atoms with Crippen LogP contribution in [0.4, 0.5) is 8.78 Å². The van der Waals surface area contributed by atoms with Gasteiger partial charge in [-0.2, -0.15) is 9.61 Å². The first-order valence-corrected chi connectivity index (χ1v) is 8.61. The minimum absolute atomic E-state index is 0.0747. The molecule has 0 saturated carbocycles. The highest BCUT2D eigenvalue weighted by Gasteiger charge is 2.19. The molecule has 3 aromatic heterocycles. The van der Waals surface area contributed by atoms with Crippen LogP contribution in [-0.4, -0.2) is 51.6 Å². The summed E-state index contributed by atoms with van der Waals surface area (Å²) in [6.07, 6.45) is 1.29. The van der Waals surface area contributed by atoms with Crippen LogP contribution < -0.4 is 5.46 Å². The van der Waals surface area contributed by atoms with Gasteiger partial charge in [0.1, 0.15) is 24.5 Å². The second-order valence-electron chi connectivity index (χ2n) is 6.21. The highest BCUT2D eigenvalue weighted by atomic mass is 32.1. The molecule has 0 aliphatic carbocycles.